The van der Waals surface area contributed by atoms with Crippen LogP contribution in [0.3, 0.4) is 0 Å². The molecule has 1 fully saturated rings. The summed E-state index contributed by atoms with van der Waals surface area (Å²) in [6, 6.07) is 0. The van der Waals surface area contributed by atoms with Crippen molar-refractivity contribution >= 4 is 0 Å². The zero-order valence-electron chi connectivity index (χ0n) is 18.7. The largest absolute Gasteiger partial charge is 0.411 e. The molecule has 0 aromatic carbocycles. The van der Waals surface area contributed by atoms with Gasteiger partial charge in [0.2, 0.25) is 0 Å². The van der Waals surface area contributed by atoms with Gasteiger partial charge in [-0.3, -0.25) is 9.58 Å². The van der Waals surface area contributed by atoms with Gasteiger partial charge in [0, 0.05) is 37.4 Å². The smallest absolute Gasteiger partial charge is 0.371 e. The molecule has 0 atom stereocenters. The fourth-order valence-corrected chi connectivity index (χ4v) is 5.14. The lowest BCUT2D eigenvalue weighted by atomic mass is 9.67. The van der Waals surface area contributed by atoms with Crippen molar-refractivity contribution < 1.29 is 17.9 Å². The lowest BCUT2D eigenvalue weighted by Gasteiger charge is -2.40. The highest BCUT2D eigenvalue weighted by molar-refractivity contribution is 5.33. The molecule has 1 aliphatic carbocycles. The first kappa shape index (κ1) is 23.5. The van der Waals surface area contributed by atoms with Crippen LogP contribution in [0.5, 0.6) is 0 Å². The standard InChI is InChI=1S/C22H37F3N4O/c1-4-21(15-30-16-22(23,24)25)9-7-17(8-10-21)20-18(14-28(3)13-11-26-2)27-29-12-5-6-19(20)29/h17,26H,4-16H2,1-3H3. The van der Waals surface area contributed by atoms with Crippen molar-refractivity contribution in [1.29, 1.82) is 0 Å². The molecule has 0 spiro atoms. The molecule has 0 unspecified atom stereocenters. The minimum absolute atomic E-state index is 0.123. The molecule has 5 nitrogen and oxygen atoms in total. The number of ether oxygens (including phenoxy) is 1. The Morgan fingerprint density at radius 3 is 2.67 bits per heavy atom. The summed E-state index contributed by atoms with van der Waals surface area (Å²) in [6.07, 6.45) is 2.72. The molecule has 2 aliphatic rings. The summed E-state index contributed by atoms with van der Waals surface area (Å²) in [7, 11) is 4.09. The summed E-state index contributed by atoms with van der Waals surface area (Å²) in [4.78, 5) is 2.31. The zero-order chi connectivity index (χ0) is 21.8. The fourth-order valence-electron chi connectivity index (χ4n) is 5.14. The molecule has 0 saturated heterocycles. The summed E-state index contributed by atoms with van der Waals surface area (Å²) >= 11 is 0. The Balaban J connectivity index is 1.67. The number of alkyl halides is 3. The first-order chi connectivity index (χ1) is 14.3. The molecule has 1 aromatic heterocycles. The van der Waals surface area contributed by atoms with Gasteiger partial charge in [-0.25, -0.2) is 0 Å². The number of nitrogens with zero attached hydrogens (tertiary/aromatic N) is 3. The Morgan fingerprint density at radius 2 is 2.03 bits per heavy atom. The van der Waals surface area contributed by atoms with Crippen molar-refractivity contribution in [3.8, 4) is 0 Å². The summed E-state index contributed by atoms with van der Waals surface area (Å²) in [5, 5.41) is 8.15. The number of halogens is 3. The Labute approximate surface area is 178 Å². The molecule has 0 amide bonds. The van der Waals surface area contributed by atoms with E-state index in [1.54, 1.807) is 0 Å². The second kappa shape index (κ2) is 10.0. The minimum atomic E-state index is -4.25. The van der Waals surface area contributed by atoms with Crippen molar-refractivity contribution in [3.05, 3.63) is 17.0 Å². The van der Waals surface area contributed by atoms with Crippen LogP contribution in [0, 0.1) is 5.41 Å². The van der Waals surface area contributed by atoms with Crippen LogP contribution in [0.4, 0.5) is 13.2 Å². The molecule has 0 bridgehead atoms. The number of aromatic nitrogens is 2. The SMILES string of the molecule is CCC1(COCC(F)(F)F)CCC(c2c(CN(C)CCNC)nn3c2CCC3)CC1. The van der Waals surface area contributed by atoms with Crippen LogP contribution in [-0.2, 0) is 24.2 Å². The van der Waals surface area contributed by atoms with Gasteiger partial charge in [-0.15, -0.1) is 0 Å². The van der Waals surface area contributed by atoms with Crippen LogP contribution in [0.1, 0.15) is 68.3 Å². The maximum atomic E-state index is 12.5. The molecule has 1 aliphatic heterocycles. The second-order valence-electron chi connectivity index (χ2n) is 9.21. The van der Waals surface area contributed by atoms with Gasteiger partial charge in [-0.2, -0.15) is 18.3 Å². The number of likely N-dealkylation sites (N-methyl/N-ethyl adjacent to an activating group) is 2. The van der Waals surface area contributed by atoms with Gasteiger partial charge < -0.3 is 10.1 Å². The predicted octanol–water partition coefficient (Wildman–Crippen LogP) is 4.11. The van der Waals surface area contributed by atoms with Crippen LogP contribution in [0.25, 0.3) is 0 Å². The van der Waals surface area contributed by atoms with E-state index in [0.717, 1.165) is 71.1 Å². The van der Waals surface area contributed by atoms with E-state index in [2.05, 4.69) is 28.9 Å². The normalized spacial score (nSPS) is 24.6. The van der Waals surface area contributed by atoms with Gasteiger partial charge >= 0.3 is 6.18 Å². The number of aryl methyl sites for hydroxylation is 1. The molecule has 172 valence electrons. The lowest BCUT2D eigenvalue weighted by Crippen LogP contribution is -2.33. The van der Waals surface area contributed by atoms with Gasteiger partial charge in [0.25, 0.3) is 0 Å². The summed E-state index contributed by atoms with van der Waals surface area (Å²) in [5.74, 6) is 0.460. The van der Waals surface area contributed by atoms with E-state index in [1.165, 1.54) is 17.0 Å². The van der Waals surface area contributed by atoms with Crippen molar-refractivity contribution in [2.75, 3.05) is 40.4 Å². The van der Waals surface area contributed by atoms with Crippen LogP contribution in [0.2, 0.25) is 0 Å². The van der Waals surface area contributed by atoms with E-state index in [0.29, 0.717) is 5.92 Å². The van der Waals surface area contributed by atoms with Crippen LogP contribution >= 0.6 is 0 Å². The molecule has 1 saturated carbocycles. The fraction of sp³-hybridized carbons (Fsp3) is 0.864. The highest BCUT2D eigenvalue weighted by atomic mass is 19.4. The molecule has 8 heteroatoms. The predicted molar refractivity (Wildman–Crippen MR) is 112 cm³/mol. The Bertz CT molecular complexity index is 681. The number of hydrogen-bond donors (Lipinski definition) is 1. The number of nitrogens with one attached hydrogen (secondary N) is 1. The third-order valence-electron chi connectivity index (χ3n) is 7.00. The molecule has 30 heavy (non-hydrogen) atoms. The number of hydrogen-bond acceptors (Lipinski definition) is 4. The number of rotatable bonds is 10. The average Bonchev–Trinajstić information content (AvgIpc) is 3.27. The van der Waals surface area contributed by atoms with Gasteiger partial charge in [-0.1, -0.05) is 6.92 Å². The van der Waals surface area contributed by atoms with E-state index in [4.69, 9.17) is 9.84 Å². The summed E-state index contributed by atoms with van der Waals surface area (Å²) in [5.41, 5.74) is 3.91. The molecule has 1 N–H and O–H groups in total. The van der Waals surface area contributed by atoms with Gasteiger partial charge in [0.15, 0.2) is 0 Å². The second-order valence-corrected chi connectivity index (χ2v) is 9.21. The van der Waals surface area contributed by atoms with E-state index in [-0.39, 0.29) is 12.0 Å². The van der Waals surface area contributed by atoms with Crippen molar-refractivity contribution in [2.45, 2.75) is 77.1 Å². The maximum absolute atomic E-state index is 12.5. The Hall–Kier alpha value is -1.12. The third kappa shape index (κ3) is 5.77. The monoisotopic (exact) mass is 430 g/mol. The molecule has 3 rings (SSSR count). The van der Waals surface area contributed by atoms with E-state index in [1.807, 2.05) is 7.05 Å². The summed E-state index contributed by atoms with van der Waals surface area (Å²) in [6.45, 7) is 4.91. The van der Waals surface area contributed by atoms with E-state index >= 15 is 0 Å². The number of fused-ring (bicyclic) bond motifs is 1. The minimum Gasteiger partial charge on any atom is -0.371 e. The maximum Gasteiger partial charge on any atom is 0.411 e. The highest BCUT2D eigenvalue weighted by Gasteiger charge is 2.38. The van der Waals surface area contributed by atoms with Gasteiger partial charge in [0.05, 0.1) is 12.3 Å². The van der Waals surface area contributed by atoms with Crippen molar-refractivity contribution in [3.63, 3.8) is 0 Å². The van der Waals surface area contributed by atoms with Gasteiger partial charge in [0.1, 0.15) is 6.61 Å². The van der Waals surface area contributed by atoms with E-state index < -0.39 is 12.8 Å². The molecular formula is C22H37F3N4O. The van der Waals surface area contributed by atoms with Crippen molar-refractivity contribution in [2.24, 2.45) is 5.41 Å². The van der Waals surface area contributed by atoms with Crippen LogP contribution < -0.4 is 5.32 Å². The zero-order valence-corrected chi connectivity index (χ0v) is 18.7. The molecular weight excluding hydrogens is 393 g/mol. The first-order valence-corrected chi connectivity index (χ1v) is 11.3. The lowest BCUT2D eigenvalue weighted by molar-refractivity contribution is -0.182. The summed E-state index contributed by atoms with van der Waals surface area (Å²) < 4.78 is 44.8. The Morgan fingerprint density at radius 1 is 1.30 bits per heavy atom. The average molecular weight is 431 g/mol. The molecule has 0 radical (unpaired) electrons. The quantitative estimate of drug-likeness (QED) is 0.607. The van der Waals surface area contributed by atoms with Crippen LogP contribution in [0.15, 0.2) is 0 Å². The third-order valence-corrected chi connectivity index (χ3v) is 7.00. The first-order valence-electron chi connectivity index (χ1n) is 11.3. The van der Waals surface area contributed by atoms with Gasteiger partial charge in [-0.05, 0) is 70.4 Å². The van der Waals surface area contributed by atoms with Crippen LogP contribution in [-0.4, -0.2) is 61.3 Å². The molecule has 2 heterocycles. The Kier molecular flexibility index (Phi) is 7.85. The van der Waals surface area contributed by atoms with E-state index in [9.17, 15) is 13.2 Å². The highest BCUT2D eigenvalue weighted by Crippen LogP contribution is 2.47. The topological polar surface area (TPSA) is 42.3 Å². The van der Waals surface area contributed by atoms with Crippen molar-refractivity contribution in [1.82, 2.24) is 20.0 Å². The molecule has 1 aromatic rings.